The van der Waals surface area contributed by atoms with E-state index in [2.05, 4.69) is 11.9 Å². The van der Waals surface area contributed by atoms with E-state index in [1.807, 2.05) is 6.07 Å². The van der Waals surface area contributed by atoms with E-state index in [4.69, 9.17) is 18.9 Å². The molecule has 0 spiro atoms. The zero-order chi connectivity index (χ0) is 27.6. The van der Waals surface area contributed by atoms with E-state index < -0.39 is 61.2 Å². The Kier molecular flexibility index (Phi) is 9.09. The lowest BCUT2D eigenvalue weighted by atomic mass is 9.72. The summed E-state index contributed by atoms with van der Waals surface area (Å²) in [4.78, 5) is 12.8. The van der Waals surface area contributed by atoms with Crippen LogP contribution in [0.1, 0.15) is 30.0 Å². The topological polar surface area (TPSA) is 167 Å². The Morgan fingerprint density at radius 3 is 2.63 bits per heavy atom. The molecule has 1 aliphatic carbocycles. The summed E-state index contributed by atoms with van der Waals surface area (Å²) in [7, 11) is 2.82. The predicted molar refractivity (Wildman–Crippen MR) is 134 cm³/mol. The minimum atomic E-state index is -1.57. The van der Waals surface area contributed by atoms with Gasteiger partial charge < -0.3 is 49.8 Å². The van der Waals surface area contributed by atoms with Crippen molar-refractivity contribution >= 4 is 5.97 Å². The van der Waals surface area contributed by atoms with Crippen LogP contribution in [0.15, 0.2) is 36.4 Å². The van der Waals surface area contributed by atoms with E-state index in [0.717, 1.165) is 17.5 Å². The Hall–Kier alpha value is -2.51. The van der Waals surface area contributed by atoms with Gasteiger partial charge in [0.05, 0.1) is 26.9 Å². The molecule has 2 heterocycles. The SMILES string of the molecule is C=C[C@@H]1[C@H](C[C@H]2NCCc3cc(OC)c(O)cc32)C(C(=O)OC)=CC[C@H]1O[C@@H]1O[C@H](CO)[C@@H](O)[C@H](O)[C@H]1O. The summed E-state index contributed by atoms with van der Waals surface area (Å²) in [6.07, 6.45) is -2.73. The Bertz CT molecular complexity index is 1040. The van der Waals surface area contributed by atoms with Gasteiger partial charge in [0.15, 0.2) is 17.8 Å². The Morgan fingerprint density at radius 1 is 1.21 bits per heavy atom. The number of hydrogen-bond acceptors (Lipinski definition) is 11. The lowest BCUT2D eigenvalue weighted by Gasteiger charge is -2.44. The molecule has 9 atom stereocenters. The van der Waals surface area contributed by atoms with Crippen molar-refractivity contribution in [3.63, 3.8) is 0 Å². The number of nitrogens with one attached hydrogen (secondary N) is 1. The van der Waals surface area contributed by atoms with Crippen molar-refractivity contribution in [2.24, 2.45) is 11.8 Å². The maximum atomic E-state index is 12.8. The largest absolute Gasteiger partial charge is 0.504 e. The molecule has 210 valence electrons. The summed E-state index contributed by atoms with van der Waals surface area (Å²) < 4.78 is 22.0. The van der Waals surface area contributed by atoms with Crippen molar-refractivity contribution in [3.05, 3.63) is 47.6 Å². The number of aliphatic hydroxyl groups is 4. The fraction of sp³-hybridized carbons (Fsp3) is 0.593. The monoisotopic (exact) mass is 535 g/mol. The number of carbonyl (C=O) groups is 1. The number of rotatable bonds is 8. The van der Waals surface area contributed by atoms with Gasteiger partial charge in [-0.15, -0.1) is 6.58 Å². The van der Waals surface area contributed by atoms with Crippen LogP contribution in [0.5, 0.6) is 11.5 Å². The average molecular weight is 536 g/mol. The van der Waals surface area contributed by atoms with Crippen LogP contribution in [0.2, 0.25) is 0 Å². The number of methoxy groups -OCH3 is 2. The van der Waals surface area contributed by atoms with Crippen LogP contribution in [-0.4, -0.2) is 95.7 Å². The van der Waals surface area contributed by atoms with E-state index in [1.54, 1.807) is 18.2 Å². The first-order valence-corrected chi connectivity index (χ1v) is 12.7. The zero-order valence-electron chi connectivity index (χ0n) is 21.5. The van der Waals surface area contributed by atoms with Crippen LogP contribution < -0.4 is 10.1 Å². The molecular formula is C27H37NO10. The van der Waals surface area contributed by atoms with E-state index >= 15 is 0 Å². The smallest absolute Gasteiger partial charge is 0.333 e. The summed E-state index contributed by atoms with van der Waals surface area (Å²) in [5, 5.41) is 54.2. The maximum Gasteiger partial charge on any atom is 0.333 e. The molecule has 11 heteroatoms. The number of ether oxygens (including phenoxy) is 4. The number of fused-ring (bicyclic) bond motifs is 1. The van der Waals surface area contributed by atoms with Crippen LogP contribution in [0, 0.1) is 11.8 Å². The van der Waals surface area contributed by atoms with Gasteiger partial charge in [0.1, 0.15) is 24.4 Å². The van der Waals surface area contributed by atoms with E-state index in [9.17, 15) is 30.3 Å². The second-order valence-electron chi connectivity index (χ2n) is 9.89. The molecule has 1 fully saturated rings. The molecule has 0 aromatic heterocycles. The van der Waals surface area contributed by atoms with E-state index in [1.165, 1.54) is 14.2 Å². The lowest BCUT2D eigenvalue weighted by molar-refractivity contribution is -0.314. The molecule has 6 N–H and O–H groups in total. The highest BCUT2D eigenvalue weighted by Gasteiger charge is 2.47. The van der Waals surface area contributed by atoms with Crippen LogP contribution >= 0.6 is 0 Å². The standard InChI is InChI=1S/C27H37NO10/c1-4-14-17(10-18-16-11-19(30)21(35-2)9-13(16)7-8-28-18)15(26(34)36-3)5-6-20(14)37-27-25(33)24(32)23(31)22(12-29)38-27/h4-5,9,11,14,17-18,20,22-25,27-33H,1,6-8,10,12H2,2-3H3/t14-,17+,18-,20-,22-,23-,24+,25-,27-/m1/s1. The summed E-state index contributed by atoms with van der Waals surface area (Å²) in [5.74, 6) is -0.871. The van der Waals surface area contributed by atoms with Crippen LogP contribution in [0.3, 0.4) is 0 Å². The minimum Gasteiger partial charge on any atom is -0.504 e. The molecule has 1 aromatic carbocycles. The average Bonchev–Trinajstić information content (AvgIpc) is 2.93. The molecule has 0 unspecified atom stereocenters. The third kappa shape index (κ3) is 5.46. The van der Waals surface area contributed by atoms with Crippen molar-refractivity contribution < 1.29 is 49.3 Å². The van der Waals surface area contributed by atoms with Crippen molar-refractivity contribution in [2.75, 3.05) is 27.4 Å². The summed E-state index contributed by atoms with van der Waals surface area (Å²) in [6.45, 7) is 4.10. The number of aliphatic hydroxyl groups excluding tert-OH is 4. The molecule has 38 heavy (non-hydrogen) atoms. The highest BCUT2D eigenvalue weighted by Crippen LogP contribution is 2.43. The molecule has 11 nitrogen and oxygen atoms in total. The number of aromatic hydroxyl groups is 1. The zero-order valence-corrected chi connectivity index (χ0v) is 21.5. The van der Waals surface area contributed by atoms with Crippen LogP contribution in [0.4, 0.5) is 0 Å². The molecule has 1 aromatic rings. The lowest BCUT2D eigenvalue weighted by Crippen LogP contribution is -2.60. The third-order valence-electron chi connectivity index (χ3n) is 7.80. The van der Waals surface area contributed by atoms with Crippen molar-refractivity contribution in [2.45, 2.75) is 62.1 Å². The van der Waals surface area contributed by atoms with E-state index in [0.29, 0.717) is 24.3 Å². The van der Waals surface area contributed by atoms with Gasteiger partial charge in [-0.2, -0.15) is 0 Å². The highest BCUT2D eigenvalue weighted by molar-refractivity contribution is 5.89. The Morgan fingerprint density at radius 2 is 1.97 bits per heavy atom. The molecule has 0 saturated carbocycles. The molecule has 0 amide bonds. The first-order chi connectivity index (χ1) is 18.2. The number of hydrogen-bond donors (Lipinski definition) is 6. The number of esters is 1. The Balaban J connectivity index is 1.62. The van der Waals surface area contributed by atoms with Gasteiger partial charge >= 0.3 is 5.97 Å². The fourth-order valence-electron chi connectivity index (χ4n) is 5.76. The van der Waals surface area contributed by atoms with Crippen LogP contribution in [-0.2, 0) is 25.4 Å². The summed E-state index contributed by atoms with van der Waals surface area (Å²) >= 11 is 0. The molecule has 2 aliphatic heterocycles. The normalized spacial score (nSPS) is 35.1. The molecule has 0 radical (unpaired) electrons. The molecule has 1 saturated heterocycles. The molecule has 4 rings (SSSR count). The number of phenolic OH excluding ortho intramolecular Hbond substituents is 1. The van der Waals surface area contributed by atoms with Gasteiger partial charge in [0, 0.05) is 23.5 Å². The van der Waals surface area contributed by atoms with E-state index in [-0.39, 0.29) is 18.2 Å². The predicted octanol–water partition coefficient (Wildman–Crippen LogP) is 0.0843. The van der Waals surface area contributed by atoms with Crippen molar-refractivity contribution in [1.29, 1.82) is 0 Å². The van der Waals surface area contributed by atoms with Gasteiger partial charge in [0.2, 0.25) is 0 Å². The van der Waals surface area contributed by atoms with Gasteiger partial charge in [-0.05, 0) is 49.1 Å². The highest BCUT2D eigenvalue weighted by atomic mass is 16.7. The minimum absolute atomic E-state index is 0.0245. The summed E-state index contributed by atoms with van der Waals surface area (Å²) in [5.41, 5.74) is 2.41. The number of carbonyl (C=O) groups excluding carboxylic acids is 1. The van der Waals surface area contributed by atoms with Gasteiger partial charge in [-0.25, -0.2) is 4.79 Å². The second-order valence-corrected chi connectivity index (χ2v) is 9.89. The van der Waals surface area contributed by atoms with Crippen molar-refractivity contribution in [3.8, 4) is 11.5 Å². The maximum absolute atomic E-state index is 12.8. The molecule has 0 bridgehead atoms. The third-order valence-corrected chi connectivity index (χ3v) is 7.80. The quantitative estimate of drug-likeness (QED) is 0.197. The number of phenols is 1. The first-order valence-electron chi connectivity index (χ1n) is 12.7. The van der Waals surface area contributed by atoms with Crippen molar-refractivity contribution in [1.82, 2.24) is 5.32 Å². The van der Waals surface area contributed by atoms with Gasteiger partial charge in [-0.1, -0.05) is 12.2 Å². The fourth-order valence-corrected chi connectivity index (χ4v) is 5.76. The molecular weight excluding hydrogens is 498 g/mol. The molecule has 3 aliphatic rings. The second kappa shape index (κ2) is 12.1. The van der Waals surface area contributed by atoms with Gasteiger partial charge in [0.25, 0.3) is 0 Å². The summed E-state index contributed by atoms with van der Waals surface area (Å²) in [6, 6.07) is 3.30. The number of benzene rings is 1. The van der Waals surface area contributed by atoms with Gasteiger partial charge in [-0.3, -0.25) is 0 Å². The first kappa shape index (κ1) is 28.5. The Labute approximate surface area is 221 Å². The van der Waals surface area contributed by atoms with Crippen LogP contribution in [0.25, 0.3) is 0 Å².